The molecule has 25 heavy (non-hydrogen) atoms. The molecule has 6 heteroatoms. The number of hydrogen-bond acceptors (Lipinski definition) is 5. The Balaban J connectivity index is 1.79. The highest BCUT2D eigenvalue weighted by Gasteiger charge is 2.29. The van der Waals surface area contributed by atoms with Gasteiger partial charge in [0.1, 0.15) is 0 Å². The molecule has 0 amide bonds. The van der Waals surface area contributed by atoms with Gasteiger partial charge in [0.15, 0.2) is 5.82 Å². The van der Waals surface area contributed by atoms with Crippen LogP contribution in [0, 0.1) is 5.92 Å². The molecule has 2 aromatic rings. The van der Waals surface area contributed by atoms with E-state index >= 15 is 0 Å². The molecule has 1 aliphatic heterocycles. The van der Waals surface area contributed by atoms with E-state index in [0.717, 1.165) is 51.5 Å². The van der Waals surface area contributed by atoms with Crippen molar-refractivity contribution in [3.63, 3.8) is 0 Å². The Morgan fingerprint density at radius 3 is 2.40 bits per heavy atom. The number of nitrogens with zero attached hydrogens (tertiary/aromatic N) is 6. The summed E-state index contributed by atoms with van der Waals surface area (Å²) in [6.07, 6.45) is 1.08. The molecule has 1 saturated heterocycles. The van der Waals surface area contributed by atoms with Gasteiger partial charge >= 0.3 is 0 Å². The van der Waals surface area contributed by atoms with Gasteiger partial charge in [-0.05, 0) is 34.9 Å². The summed E-state index contributed by atoms with van der Waals surface area (Å²) in [5.74, 6) is 1.61. The fourth-order valence-electron chi connectivity index (χ4n) is 3.57. The summed E-state index contributed by atoms with van der Waals surface area (Å²) >= 11 is 0. The molecule has 1 aromatic heterocycles. The maximum absolute atomic E-state index is 4.43. The Labute approximate surface area is 150 Å². The summed E-state index contributed by atoms with van der Waals surface area (Å²) in [6, 6.07) is 10.7. The van der Waals surface area contributed by atoms with Crippen LogP contribution in [0.5, 0.6) is 0 Å². The molecule has 0 spiro atoms. The molecule has 1 aliphatic rings. The topological polar surface area (TPSA) is 50.1 Å². The first-order chi connectivity index (χ1) is 12.2. The lowest BCUT2D eigenvalue weighted by Gasteiger charge is -2.39. The molecule has 6 nitrogen and oxygen atoms in total. The molecular formula is C19H30N6. The Morgan fingerprint density at radius 2 is 1.76 bits per heavy atom. The standard InChI is InChI=1S/C19H30N6/c1-4-23-10-12-24(13-11-23)18(14-16(2)3)19-20-21-22-25(19)15-17-8-6-5-7-9-17/h5-9,16,18H,4,10-15H2,1-3H3. The summed E-state index contributed by atoms with van der Waals surface area (Å²) in [6.45, 7) is 13.1. The SMILES string of the molecule is CCN1CCN(C(CC(C)C)c2nnnn2Cc2ccccc2)CC1. The highest BCUT2D eigenvalue weighted by Crippen LogP contribution is 2.27. The second-order valence-electron chi connectivity index (χ2n) is 7.30. The predicted octanol–water partition coefficient (Wildman–Crippen LogP) is 2.45. The van der Waals surface area contributed by atoms with Crippen molar-refractivity contribution in [1.29, 1.82) is 0 Å². The molecule has 1 unspecified atom stereocenters. The fraction of sp³-hybridized carbons (Fsp3) is 0.632. The number of hydrogen-bond donors (Lipinski definition) is 0. The molecule has 136 valence electrons. The number of piperazine rings is 1. The molecular weight excluding hydrogens is 312 g/mol. The first-order valence-corrected chi connectivity index (χ1v) is 9.43. The Hall–Kier alpha value is -1.79. The van der Waals surface area contributed by atoms with Crippen LogP contribution in [0.25, 0.3) is 0 Å². The summed E-state index contributed by atoms with van der Waals surface area (Å²) in [7, 11) is 0. The van der Waals surface area contributed by atoms with Gasteiger partial charge < -0.3 is 4.90 Å². The monoisotopic (exact) mass is 342 g/mol. The van der Waals surface area contributed by atoms with Crippen LogP contribution in [0.3, 0.4) is 0 Å². The zero-order valence-electron chi connectivity index (χ0n) is 15.7. The van der Waals surface area contributed by atoms with Gasteiger partial charge in [-0.2, -0.15) is 0 Å². The second kappa shape index (κ2) is 8.54. The Morgan fingerprint density at radius 1 is 1.04 bits per heavy atom. The van der Waals surface area contributed by atoms with Gasteiger partial charge in [0, 0.05) is 26.2 Å². The van der Waals surface area contributed by atoms with Gasteiger partial charge in [0.05, 0.1) is 12.6 Å². The third kappa shape index (κ3) is 4.64. The molecule has 0 radical (unpaired) electrons. The van der Waals surface area contributed by atoms with E-state index in [1.807, 2.05) is 10.7 Å². The number of tetrazole rings is 1. The minimum atomic E-state index is 0.290. The van der Waals surface area contributed by atoms with E-state index in [1.54, 1.807) is 0 Å². The Kier molecular flexibility index (Phi) is 6.15. The van der Waals surface area contributed by atoms with Crippen molar-refractivity contribution >= 4 is 0 Å². The minimum Gasteiger partial charge on any atom is -0.301 e. The first-order valence-electron chi connectivity index (χ1n) is 9.43. The van der Waals surface area contributed by atoms with Crippen LogP contribution in [-0.2, 0) is 6.54 Å². The van der Waals surface area contributed by atoms with Crippen molar-refractivity contribution in [2.75, 3.05) is 32.7 Å². The molecule has 1 atom stereocenters. The van der Waals surface area contributed by atoms with E-state index in [4.69, 9.17) is 0 Å². The quantitative estimate of drug-likeness (QED) is 0.773. The molecule has 0 saturated carbocycles. The zero-order chi connectivity index (χ0) is 17.6. The summed E-state index contributed by atoms with van der Waals surface area (Å²) in [5, 5.41) is 12.7. The maximum atomic E-state index is 4.43. The smallest absolute Gasteiger partial charge is 0.168 e. The zero-order valence-corrected chi connectivity index (χ0v) is 15.7. The van der Waals surface area contributed by atoms with Gasteiger partial charge in [-0.25, -0.2) is 4.68 Å². The average molecular weight is 342 g/mol. The van der Waals surface area contributed by atoms with Gasteiger partial charge in [-0.3, -0.25) is 4.90 Å². The third-order valence-corrected chi connectivity index (χ3v) is 5.02. The number of likely N-dealkylation sites (N-methyl/N-ethyl adjacent to an activating group) is 1. The van der Waals surface area contributed by atoms with Crippen molar-refractivity contribution in [2.45, 2.75) is 39.8 Å². The number of rotatable bonds is 7. The molecule has 2 heterocycles. The van der Waals surface area contributed by atoms with Crippen molar-refractivity contribution in [2.24, 2.45) is 5.92 Å². The fourth-order valence-corrected chi connectivity index (χ4v) is 3.57. The van der Waals surface area contributed by atoms with Crippen molar-refractivity contribution in [3.05, 3.63) is 41.7 Å². The van der Waals surface area contributed by atoms with Crippen LogP contribution in [-0.4, -0.2) is 62.7 Å². The minimum absolute atomic E-state index is 0.290. The normalized spacial score (nSPS) is 17.9. The van der Waals surface area contributed by atoms with E-state index in [1.165, 1.54) is 5.56 Å². The predicted molar refractivity (Wildman–Crippen MR) is 99.2 cm³/mol. The van der Waals surface area contributed by atoms with Crippen molar-refractivity contribution in [1.82, 2.24) is 30.0 Å². The lowest BCUT2D eigenvalue weighted by atomic mass is 10.0. The molecule has 0 bridgehead atoms. The van der Waals surface area contributed by atoms with Crippen LogP contribution in [0.1, 0.15) is 44.6 Å². The van der Waals surface area contributed by atoms with Crippen LogP contribution < -0.4 is 0 Å². The van der Waals surface area contributed by atoms with Crippen LogP contribution >= 0.6 is 0 Å². The second-order valence-corrected chi connectivity index (χ2v) is 7.30. The Bertz CT molecular complexity index is 630. The highest BCUT2D eigenvalue weighted by molar-refractivity contribution is 5.15. The summed E-state index contributed by atoms with van der Waals surface area (Å²) in [4.78, 5) is 5.08. The van der Waals surface area contributed by atoms with Crippen LogP contribution in [0.2, 0.25) is 0 Å². The van der Waals surface area contributed by atoms with E-state index < -0.39 is 0 Å². The largest absolute Gasteiger partial charge is 0.301 e. The van der Waals surface area contributed by atoms with Gasteiger partial charge in [0.25, 0.3) is 0 Å². The third-order valence-electron chi connectivity index (χ3n) is 5.02. The summed E-state index contributed by atoms with van der Waals surface area (Å²) in [5.41, 5.74) is 1.23. The average Bonchev–Trinajstić information content (AvgIpc) is 3.08. The molecule has 3 rings (SSSR count). The molecule has 0 N–H and O–H groups in total. The van der Waals surface area contributed by atoms with Crippen LogP contribution in [0.4, 0.5) is 0 Å². The lowest BCUT2D eigenvalue weighted by molar-refractivity contribution is 0.0834. The molecule has 1 fully saturated rings. The van der Waals surface area contributed by atoms with Gasteiger partial charge in [0.2, 0.25) is 0 Å². The van der Waals surface area contributed by atoms with E-state index in [2.05, 4.69) is 70.4 Å². The number of benzene rings is 1. The van der Waals surface area contributed by atoms with Gasteiger partial charge in [-0.15, -0.1) is 5.10 Å². The van der Waals surface area contributed by atoms with Crippen LogP contribution in [0.15, 0.2) is 30.3 Å². The first kappa shape index (κ1) is 18.0. The van der Waals surface area contributed by atoms with E-state index in [-0.39, 0.29) is 6.04 Å². The molecule has 1 aromatic carbocycles. The van der Waals surface area contributed by atoms with Crippen molar-refractivity contribution < 1.29 is 0 Å². The maximum Gasteiger partial charge on any atom is 0.168 e. The van der Waals surface area contributed by atoms with E-state index in [9.17, 15) is 0 Å². The summed E-state index contributed by atoms with van der Waals surface area (Å²) < 4.78 is 1.98. The molecule has 0 aliphatic carbocycles. The highest BCUT2D eigenvalue weighted by atomic mass is 15.6. The lowest BCUT2D eigenvalue weighted by Crippen LogP contribution is -2.48. The van der Waals surface area contributed by atoms with E-state index in [0.29, 0.717) is 5.92 Å². The number of aromatic nitrogens is 4. The van der Waals surface area contributed by atoms with Gasteiger partial charge in [-0.1, -0.05) is 51.1 Å². The van der Waals surface area contributed by atoms with Crippen molar-refractivity contribution in [3.8, 4) is 0 Å².